The summed E-state index contributed by atoms with van der Waals surface area (Å²) in [5, 5.41) is 0. The van der Waals surface area contributed by atoms with Crippen LogP contribution in [0.1, 0.15) is 35.7 Å². The molecule has 0 N–H and O–H groups in total. The van der Waals surface area contributed by atoms with Crippen molar-refractivity contribution in [2.45, 2.75) is 26.7 Å². The summed E-state index contributed by atoms with van der Waals surface area (Å²) in [6.07, 6.45) is 5.28. The average Bonchev–Trinajstić information content (AvgIpc) is 3.16. The summed E-state index contributed by atoms with van der Waals surface area (Å²) in [5.41, 5.74) is 2.81. The molecule has 0 atom stereocenters. The second kappa shape index (κ2) is 7.55. The van der Waals surface area contributed by atoms with E-state index < -0.39 is 0 Å². The fraction of sp³-hybridized carbons (Fsp3) is 0.400. The quantitative estimate of drug-likeness (QED) is 0.803. The molecule has 2 aromatic rings. The van der Waals surface area contributed by atoms with Gasteiger partial charge in [0.05, 0.1) is 12.5 Å². The molecule has 1 aliphatic heterocycles. The third-order valence-corrected chi connectivity index (χ3v) is 4.74. The lowest BCUT2D eigenvalue weighted by Crippen LogP contribution is -2.40. The van der Waals surface area contributed by atoms with Crippen LogP contribution in [0.4, 0.5) is 0 Å². The van der Waals surface area contributed by atoms with Crippen molar-refractivity contribution < 1.29 is 14.3 Å². The van der Waals surface area contributed by atoms with Gasteiger partial charge < -0.3 is 14.2 Å². The van der Waals surface area contributed by atoms with E-state index in [1.165, 1.54) is 0 Å². The number of benzene rings is 1. The zero-order valence-corrected chi connectivity index (χ0v) is 14.8. The van der Waals surface area contributed by atoms with Crippen LogP contribution in [0.25, 0.3) is 5.69 Å². The van der Waals surface area contributed by atoms with Gasteiger partial charge in [-0.3, -0.25) is 9.59 Å². The van der Waals surface area contributed by atoms with Crippen molar-refractivity contribution >= 4 is 11.9 Å². The van der Waals surface area contributed by atoms with Gasteiger partial charge in [0.15, 0.2) is 0 Å². The molecule has 0 spiro atoms. The van der Waals surface area contributed by atoms with E-state index in [-0.39, 0.29) is 17.8 Å². The van der Waals surface area contributed by atoms with Gasteiger partial charge in [-0.25, -0.2) is 0 Å². The lowest BCUT2D eigenvalue weighted by atomic mass is 9.96. The Labute approximate surface area is 148 Å². The van der Waals surface area contributed by atoms with Gasteiger partial charge in [0.1, 0.15) is 0 Å². The summed E-state index contributed by atoms with van der Waals surface area (Å²) in [6.45, 7) is 5.44. The number of carbonyl (C=O) groups is 2. The van der Waals surface area contributed by atoms with Gasteiger partial charge in [0.25, 0.3) is 5.91 Å². The number of hydrogen-bond acceptors (Lipinski definition) is 3. The van der Waals surface area contributed by atoms with Crippen molar-refractivity contribution in [1.82, 2.24) is 9.47 Å². The Morgan fingerprint density at radius 1 is 1.16 bits per heavy atom. The zero-order valence-electron chi connectivity index (χ0n) is 14.8. The molecular formula is C20H24N2O3. The maximum atomic E-state index is 12.8. The summed E-state index contributed by atoms with van der Waals surface area (Å²) in [6, 6.07) is 9.73. The van der Waals surface area contributed by atoms with Crippen molar-refractivity contribution in [3.63, 3.8) is 0 Å². The first-order valence-electron chi connectivity index (χ1n) is 8.80. The number of nitrogens with zero attached hydrogens (tertiary/aromatic N) is 2. The number of piperidine rings is 1. The molecule has 0 radical (unpaired) electrons. The van der Waals surface area contributed by atoms with Gasteiger partial charge in [-0.1, -0.05) is 6.07 Å². The molecule has 5 nitrogen and oxygen atoms in total. The van der Waals surface area contributed by atoms with Crippen LogP contribution in [0.15, 0.2) is 42.7 Å². The van der Waals surface area contributed by atoms with Crippen LogP contribution in [0.3, 0.4) is 0 Å². The van der Waals surface area contributed by atoms with Gasteiger partial charge in [-0.05, 0) is 56.5 Å². The summed E-state index contributed by atoms with van der Waals surface area (Å²) >= 11 is 0. The molecule has 3 rings (SSSR count). The average molecular weight is 340 g/mol. The van der Waals surface area contributed by atoms with E-state index in [1.807, 2.05) is 66.0 Å². The van der Waals surface area contributed by atoms with Crippen LogP contribution < -0.4 is 0 Å². The number of esters is 1. The largest absolute Gasteiger partial charge is 0.466 e. The topological polar surface area (TPSA) is 51.5 Å². The molecule has 0 saturated carbocycles. The van der Waals surface area contributed by atoms with Crippen LogP contribution in [0, 0.1) is 12.8 Å². The smallest absolute Gasteiger partial charge is 0.309 e. The van der Waals surface area contributed by atoms with Gasteiger partial charge in [0, 0.05) is 36.7 Å². The highest BCUT2D eigenvalue weighted by molar-refractivity contribution is 5.95. The predicted molar refractivity (Wildman–Crippen MR) is 95.8 cm³/mol. The molecule has 0 unspecified atom stereocenters. The Morgan fingerprint density at radius 3 is 2.48 bits per heavy atom. The minimum Gasteiger partial charge on any atom is -0.466 e. The first kappa shape index (κ1) is 17.3. The van der Waals surface area contributed by atoms with E-state index >= 15 is 0 Å². The number of amides is 1. The molecular weight excluding hydrogens is 316 g/mol. The van der Waals surface area contributed by atoms with Crippen molar-refractivity contribution in [3.8, 4) is 5.69 Å². The highest BCUT2D eigenvalue weighted by Crippen LogP contribution is 2.22. The van der Waals surface area contributed by atoms with Gasteiger partial charge in [-0.15, -0.1) is 0 Å². The second-order valence-corrected chi connectivity index (χ2v) is 6.41. The molecule has 1 fully saturated rings. The molecule has 1 aliphatic rings. The summed E-state index contributed by atoms with van der Waals surface area (Å²) in [4.78, 5) is 26.5. The first-order chi connectivity index (χ1) is 12.1. The Kier molecular flexibility index (Phi) is 5.22. The maximum Gasteiger partial charge on any atom is 0.309 e. The van der Waals surface area contributed by atoms with E-state index in [4.69, 9.17) is 4.74 Å². The van der Waals surface area contributed by atoms with Crippen LogP contribution in [-0.4, -0.2) is 41.0 Å². The molecule has 0 aliphatic carbocycles. The van der Waals surface area contributed by atoms with E-state index in [2.05, 4.69) is 0 Å². The summed E-state index contributed by atoms with van der Waals surface area (Å²) < 4.78 is 7.10. The number of rotatable bonds is 4. The fourth-order valence-electron chi connectivity index (χ4n) is 3.28. The number of aryl methyl sites for hydroxylation is 1. The lowest BCUT2D eigenvalue weighted by molar-refractivity contribution is -0.149. The molecule has 1 aromatic heterocycles. The Balaban J connectivity index is 1.70. The minimum absolute atomic E-state index is 0.0238. The van der Waals surface area contributed by atoms with Crippen LogP contribution >= 0.6 is 0 Å². The van der Waals surface area contributed by atoms with Crippen LogP contribution in [-0.2, 0) is 9.53 Å². The van der Waals surface area contributed by atoms with E-state index in [9.17, 15) is 9.59 Å². The van der Waals surface area contributed by atoms with Crippen molar-refractivity contribution in [2.24, 2.45) is 5.92 Å². The highest BCUT2D eigenvalue weighted by Gasteiger charge is 2.28. The second-order valence-electron chi connectivity index (χ2n) is 6.41. The molecule has 2 heterocycles. The summed E-state index contributed by atoms with van der Waals surface area (Å²) in [5.74, 6) is -0.201. The van der Waals surface area contributed by atoms with Crippen LogP contribution in [0.2, 0.25) is 0 Å². The van der Waals surface area contributed by atoms with Crippen LogP contribution in [0.5, 0.6) is 0 Å². The maximum absolute atomic E-state index is 12.8. The molecule has 5 heteroatoms. The first-order valence-corrected chi connectivity index (χ1v) is 8.80. The predicted octanol–water partition coefficient (Wildman–Crippen LogP) is 3.20. The number of aromatic nitrogens is 1. The van der Waals surface area contributed by atoms with Gasteiger partial charge in [0.2, 0.25) is 0 Å². The van der Waals surface area contributed by atoms with Gasteiger partial charge >= 0.3 is 5.97 Å². The standard InChI is InChI=1S/C20H24N2O3/c1-3-25-20(24)16-8-12-22(13-9-16)19(23)17-7-6-15(2)18(14-17)21-10-4-5-11-21/h4-7,10-11,14,16H,3,8-9,12-13H2,1-2H3. The number of ether oxygens (including phenoxy) is 1. The summed E-state index contributed by atoms with van der Waals surface area (Å²) in [7, 11) is 0. The van der Waals surface area contributed by atoms with Gasteiger partial charge in [-0.2, -0.15) is 0 Å². The third kappa shape index (κ3) is 3.76. The minimum atomic E-state index is -0.139. The molecule has 132 valence electrons. The van der Waals surface area contributed by atoms with E-state index in [1.54, 1.807) is 0 Å². The van der Waals surface area contributed by atoms with Crippen molar-refractivity contribution in [1.29, 1.82) is 0 Å². The molecule has 1 aromatic carbocycles. The highest BCUT2D eigenvalue weighted by atomic mass is 16.5. The number of hydrogen-bond donors (Lipinski definition) is 0. The Hall–Kier alpha value is -2.56. The van der Waals surface area contributed by atoms with E-state index in [0.29, 0.717) is 38.1 Å². The fourth-order valence-corrected chi connectivity index (χ4v) is 3.28. The lowest BCUT2D eigenvalue weighted by Gasteiger charge is -2.31. The molecule has 25 heavy (non-hydrogen) atoms. The number of likely N-dealkylation sites (tertiary alicyclic amines) is 1. The SMILES string of the molecule is CCOC(=O)C1CCN(C(=O)c2ccc(C)c(-n3cccc3)c2)CC1. The molecule has 1 amide bonds. The molecule has 0 bridgehead atoms. The Bertz CT molecular complexity index is 744. The normalized spacial score (nSPS) is 15.2. The zero-order chi connectivity index (χ0) is 17.8. The van der Waals surface area contributed by atoms with E-state index in [0.717, 1.165) is 11.3 Å². The Morgan fingerprint density at radius 2 is 1.84 bits per heavy atom. The number of carbonyl (C=O) groups excluding carboxylic acids is 2. The molecule has 1 saturated heterocycles. The monoisotopic (exact) mass is 340 g/mol. The van der Waals surface area contributed by atoms with Crippen molar-refractivity contribution in [2.75, 3.05) is 19.7 Å². The third-order valence-electron chi connectivity index (χ3n) is 4.74. The van der Waals surface area contributed by atoms with Crippen molar-refractivity contribution in [3.05, 3.63) is 53.9 Å².